The maximum Gasteiger partial charge on any atom is 0.240 e. The zero-order valence-corrected chi connectivity index (χ0v) is 12.1. The maximum atomic E-state index is 11.5. The molecule has 0 spiro atoms. The average molecular weight is 270 g/mol. The fourth-order valence-electron chi connectivity index (χ4n) is 1.57. The molecular formula is C14H20ClNO2. The van der Waals surface area contributed by atoms with Gasteiger partial charge in [0, 0.05) is 7.05 Å². The summed E-state index contributed by atoms with van der Waals surface area (Å²) in [6.45, 7) is 6.70. The summed E-state index contributed by atoms with van der Waals surface area (Å²) in [5.74, 6) is 0.788. The van der Waals surface area contributed by atoms with Gasteiger partial charge in [0.25, 0.3) is 0 Å². The van der Waals surface area contributed by atoms with E-state index in [2.05, 4.69) is 0 Å². The van der Waals surface area contributed by atoms with Crippen molar-refractivity contribution in [2.24, 2.45) is 0 Å². The summed E-state index contributed by atoms with van der Waals surface area (Å²) in [6, 6.07) is 6.08. The molecule has 0 fully saturated rings. The first-order valence-corrected chi connectivity index (χ1v) is 6.44. The van der Waals surface area contributed by atoms with Crippen LogP contribution < -0.4 is 4.74 Å². The number of amides is 1. The van der Waals surface area contributed by atoms with Crippen molar-refractivity contribution in [1.82, 2.24) is 4.90 Å². The lowest BCUT2D eigenvalue weighted by molar-refractivity contribution is -0.129. The second kappa shape index (κ2) is 6.64. The summed E-state index contributed by atoms with van der Waals surface area (Å²) in [7, 11) is 1.73. The first-order valence-electron chi connectivity index (χ1n) is 6.01. The number of hydrogen-bond donors (Lipinski definition) is 0. The number of likely N-dealkylation sites (N-methyl/N-ethyl adjacent to an activating group) is 1. The van der Waals surface area contributed by atoms with Gasteiger partial charge in [-0.2, -0.15) is 0 Å². The van der Waals surface area contributed by atoms with Crippen LogP contribution in [0.5, 0.6) is 5.75 Å². The van der Waals surface area contributed by atoms with Crippen LogP contribution in [0, 0.1) is 13.8 Å². The Hall–Kier alpha value is -1.22. The van der Waals surface area contributed by atoms with E-state index in [0.717, 1.165) is 16.9 Å². The van der Waals surface area contributed by atoms with Crippen LogP contribution in [0.3, 0.4) is 0 Å². The number of hydrogen-bond acceptors (Lipinski definition) is 2. The minimum absolute atomic E-state index is 0.0822. The van der Waals surface area contributed by atoms with Crippen LogP contribution in [-0.2, 0) is 4.79 Å². The number of nitrogens with zero attached hydrogens (tertiary/aromatic N) is 1. The highest BCUT2D eigenvalue weighted by atomic mass is 35.5. The molecule has 0 N–H and O–H groups in total. The van der Waals surface area contributed by atoms with Crippen LogP contribution in [0.25, 0.3) is 0 Å². The van der Waals surface area contributed by atoms with E-state index in [9.17, 15) is 4.79 Å². The summed E-state index contributed by atoms with van der Waals surface area (Å²) in [4.78, 5) is 13.1. The van der Waals surface area contributed by atoms with Gasteiger partial charge in [-0.05, 0) is 38.0 Å². The number of ether oxygens (including phenoxy) is 1. The van der Waals surface area contributed by atoms with Gasteiger partial charge in [-0.1, -0.05) is 12.1 Å². The largest absolute Gasteiger partial charge is 0.491 e. The van der Waals surface area contributed by atoms with Crippen molar-refractivity contribution >= 4 is 17.5 Å². The van der Waals surface area contributed by atoms with Gasteiger partial charge >= 0.3 is 0 Å². The Morgan fingerprint density at radius 3 is 2.72 bits per heavy atom. The summed E-state index contributed by atoms with van der Waals surface area (Å²) in [6.07, 6.45) is 0. The molecule has 18 heavy (non-hydrogen) atoms. The van der Waals surface area contributed by atoms with E-state index in [-0.39, 0.29) is 5.91 Å². The van der Waals surface area contributed by atoms with Crippen molar-refractivity contribution in [2.75, 3.05) is 20.2 Å². The molecule has 1 unspecified atom stereocenters. The molecular weight excluding hydrogens is 250 g/mol. The Labute approximate surface area is 114 Å². The highest BCUT2D eigenvalue weighted by Gasteiger charge is 2.14. The first-order chi connectivity index (χ1) is 8.41. The van der Waals surface area contributed by atoms with Gasteiger partial charge in [-0.3, -0.25) is 4.79 Å². The summed E-state index contributed by atoms with van der Waals surface area (Å²) >= 11 is 5.73. The lowest BCUT2D eigenvalue weighted by Crippen LogP contribution is -2.35. The van der Waals surface area contributed by atoms with Gasteiger partial charge in [0.1, 0.15) is 17.7 Å². The maximum absolute atomic E-state index is 11.5. The second-order valence-electron chi connectivity index (χ2n) is 4.49. The molecule has 3 nitrogen and oxygen atoms in total. The van der Waals surface area contributed by atoms with E-state index in [4.69, 9.17) is 16.3 Å². The zero-order valence-electron chi connectivity index (χ0n) is 11.4. The highest BCUT2D eigenvalue weighted by molar-refractivity contribution is 6.30. The molecule has 0 heterocycles. The van der Waals surface area contributed by atoms with E-state index in [1.54, 1.807) is 18.9 Å². The molecule has 1 atom stereocenters. The summed E-state index contributed by atoms with van der Waals surface area (Å²) in [5.41, 5.74) is 2.26. The number of rotatable bonds is 5. The van der Waals surface area contributed by atoms with Crippen LogP contribution in [0.15, 0.2) is 18.2 Å². The molecule has 0 saturated heterocycles. The zero-order chi connectivity index (χ0) is 13.7. The van der Waals surface area contributed by atoms with E-state index < -0.39 is 5.38 Å². The van der Waals surface area contributed by atoms with Gasteiger partial charge in [-0.25, -0.2) is 0 Å². The first kappa shape index (κ1) is 14.8. The fourth-order valence-corrected chi connectivity index (χ4v) is 1.74. The van der Waals surface area contributed by atoms with Gasteiger partial charge in [-0.15, -0.1) is 11.6 Å². The molecule has 0 aliphatic carbocycles. The van der Waals surface area contributed by atoms with Crippen molar-refractivity contribution in [3.63, 3.8) is 0 Å². The molecule has 0 radical (unpaired) electrons. The molecule has 0 aliphatic heterocycles. The Balaban J connectivity index is 2.47. The van der Waals surface area contributed by atoms with Crippen LogP contribution in [0.4, 0.5) is 0 Å². The van der Waals surface area contributed by atoms with Crippen LogP contribution in [-0.4, -0.2) is 36.4 Å². The van der Waals surface area contributed by atoms with E-state index >= 15 is 0 Å². The number of halogens is 1. The van der Waals surface area contributed by atoms with Crippen molar-refractivity contribution in [3.8, 4) is 5.75 Å². The Kier molecular flexibility index (Phi) is 5.48. The monoisotopic (exact) mass is 269 g/mol. The molecule has 0 saturated carbocycles. The summed E-state index contributed by atoms with van der Waals surface area (Å²) < 4.78 is 5.68. The molecule has 4 heteroatoms. The van der Waals surface area contributed by atoms with Crippen LogP contribution in [0.1, 0.15) is 18.1 Å². The Morgan fingerprint density at radius 2 is 2.11 bits per heavy atom. The van der Waals surface area contributed by atoms with Crippen molar-refractivity contribution in [2.45, 2.75) is 26.1 Å². The van der Waals surface area contributed by atoms with Crippen molar-refractivity contribution < 1.29 is 9.53 Å². The Bertz CT molecular complexity index is 418. The molecule has 1 aromatic rings. The number of carbonyl (C=O) groups excluding carboxylic acids is 1. The summed E-state index contributed by atoms with van der Waals surface area (Å²) in [5, 5.41) is -0.490. The molecule has 0 aromatic heterocycles. The molecule has 0 aliphatic rings. The highest BCUT2D eigenvalue weighted by Crippen LogP contribution is 2.18. The van der Waals surface area contributed by atoms with Crippen molar-refractivity contribution in [3.05, 3.63) is 29.3 Å². The topological polar surface area (TPSA) is 29.5 Å². The van der Waals surface area contributed by atoms with Gasteiger partial charge < -0.3 is 9.64 Å². The fraction of sp³-hybridized carbons (Fsp3) is 0.500. The third-order valence-electron chi connectivity index (χ3n) is 2.74. The lowest BCUT2D eigenvalue weighted by Gasteiger charge is -2.19. The minimum atomic E-state index is -0.490. The van der Waals surface area contributed by atoms with Gasteiger partial charge in [0.2, 0.25) is 5.91 Å². The smallest absolute Gasteiger partial charge is 0.240 e. The molecule has 1 amide bonds. The van der Waals surface area contributed by atoms with E-state index in [1.165, 1.54) is 0 Å². The second-order valence-corrected chi connectivity index (χ2v) is 5.15. The Morgan fingerprint density at radius 1 is 1.44 bits per heavy atom. The SMILES string of the molecule is Cc1ccc(C)c(OCCN(C)C(=O)C(C)Cl)c1. The predicted molar refractivity (Wildman–Crippen MR) is 74.4 cm³/mol. The lowest BCUT2D eigenvalue weighted by atomic mass is 10.1. The number of carbonyl (C=O) groups is 1. The number of aryl methyl sites for hydroxylation is 2. The van der Waals surface area contributed by atoms with Gasteiger partial charge in [0.05, 0.1) is 6.54 Å². The third-order valence-corrected chi connectivity index (χ3v) is 2.93. The number of alkyl halides is 1. The molecule has 100 valence electrons. The van der Waals surface area contributed by atoms with Crippen LogP contribution in [0.2, 0.25) is 0 Å². The quantitative estimate of drug-likeness (QED) is 0.770. The van der Waals surface area contributed by atoms with Gasteiger partial charge in [0.15, 0.2) is 0 Å². The predicted octanol–water partition coefficient (Wildman–Crippen LogP) is 2.77. The van der Waals surface area contributed by atoms with Crippen molar-refractivity contribution in [1.29, 1.82) is 0 Å². The standard InChI is InChI=1S/C14H20ClNO2/c1-10-5-6-11(2)13(9-10)18-8-7-16(4)14(17)12(3)15/h5-6,9,12H,7-8H2,1-4H3. The van der Waals surface area contributed by atoms with E-state index in [1.807, 2.05) is 32.0 Å². The van der Waals surface area contributed by atoms with E-state index in [0.29, 0.717) is 13.2 Å². The van der Waals surface area contributed by atoms with Crippen LogP contribution >= 0.6 is 11.6 Å². The third kappa shape index (κ3) is 4.22. The number of benzene rings is 1. The average Bonchev–Trinajstić information content (AvgIpc) is 2.32. The molecule has 1 aromatic carbocycles. The molecule has 1 rings (SSSR count). The minimum Gasteiger partial charge on any atom is -0.491 e. The molecule has 0 bridgehead atoms. The normalized spacial score (nSPS) is 12.1.